The lowest BCUT2D eigenvalue weighted by Crippen LogP contribution is -2.15. The summed E-state index contributed by atoms with van der Waals surface area (Å²) in [6.45, 7) is 4.49. The number of aromatic nitrogens is 1. The number of hydrogen-bond donors (Lipinski definition) is 2. The number of nitrogens with one attached hydrogen (secondary N) is 2. The number of aryl methyl sites for hydroxylation is 1. The molecule has 5 nitrogen and oxygen atoms in total. The van der Waals surface area contributed by atoms with E-state index in [1.807, 2.05) is 25.1 Å². The highest BCUT2D eigenvalue weighted by atomic mass is 16.5. The van der Waals surface area contributed by atoms with Gasteiger partial charge >= 0.3 is 5.97 Å². The molecule has 1 aromatic carbocycles. The molecule has 0 aliphatic carbocycles. The van der Waals surface area contributed by atoms with Gasteiger partial charge in [-0.05, 0) is 25.5 Å². The van der Waals surface area contributed by atoms with Crippen molar-refractivity contribution in [1.29, 1.82) is 0 Å². The second-order valence-corrected chi connectivity index (χ2v) is 9.96. The van der Waals surface area contributed by atoms with E-state index in [2.05, 4.69) is 17.2 Å². The topological polar surface area (TPSA) is 71.2 Å². The van der Waals surface area contributed by atoms with Crippen LogP contribution in [-0.4, -0.2) is 23.5 Å². The Bertz CT molecular complexity index is 860. The van der Waals surface area contributed by atoms with E-state index < -0.39 is 5.97 Å². The summed E-state index contributed by atoms with van der Waals surface area (Å²) in [6, 6.07) is 8.96. The Morgan fingerprint density at radius 2 is 1.25 bits per heavy atom. The molecule has 0 unspecified atom stereocenters. The number of aromatic amines is 1. The van der Waals surface area contributed by atoms with Crippen molar-refractivity contribution >= 4 is 17.6 Å². The van der Waals surface area contributed by atoms with E-state index in [4.69, 9.17) is 4.74 Å². The summed E-state index contributed by atoms with van der Waals surface area (Å²) in [5.74, 6) is -0.639. The average molecular weight is 497 g/mol. The maximum absolute atomic E-state index is 12.6. The van der Waals surface area contributed by atoms with Gasteiger partial charge in [0.05, 0.1) is 12.3 Å². The normalized spacial score (nSPS) is 10.9. The summed E-state index contributed by atoms with van der Waals surface area (Å²) >= 11 is 0. The molecule has 0 spiro atoms. The van der Waals surface area contributed by atoms with Crippen molar-refractivity contribution in [2.24, 2.45) is 0 Å². The number of unbranched alkanes of at least 4 members (excludes halogenated alkanes) is 15. The van der Waals surface area contributed by atoms with Gasteiger partial charge in [-0.1, -0.05) is 121 Å². The molecular formula is C31H48N2O3. The summed E-state index contributed by atoms with van der Waals surface area (Å²) in [4.78, 5) is 28.1. The van der Waals surface area contributed by atoms with Crippen LogP contribution >= 0.6 is 0 Å². The Kier molecular flexibility index (Phi) is 15.4. The molecule has 2 aromatic rings. The minimum absolute atomic E-state index is 0.249. The lowest BCUT2D eigenvalue weighted by molar-refractivity contribution is 0.0498. The van der Waals surface area contributed by atoms with Gasteiger partial charge in [-0.2, -0.15) is 0 Å². The quantitative estimate of drug-likeness (QED) is 0.142. The number of rotatable bonds is 20. The highest BCUT2D eigenvalue weighted by molar-refractivity contribution is 6.08. The van der Waals surface area contributed by atoms with Gasteiger partial charge in [0.2, 0.25) is 0 Å². The monoisotopic (exact) mass is 496 g/mol. The minimum atomic E-state index is -0.391. The summed E-state index contributed by atoms with van der Waals surface area (Å²) in [5, 5.41) is 2.82. The van der Waals surface area contributed by atoms with Crippen molar-refractivity contribution in [1.82, 2.24) is 4.98 Å². The fourth-order valence-corrected chi connectivity index (χ4v) is 4.56. The molecule has 2 rings (SSSR count). The number of carbonyl (C=O) groups excluding carboxylic acids is 2. The third-order valence-corrected chi connectivity index (χ3v) is 6.80. The molecular weight excluding hydrogens is 448 g/mol. The maximum Gasteiger partial charge on any atom is 0.342 e. The first-order valence-electron chi connectivity index (χ1n) is 14.3. The zero-order chi connectivity index (χ0) is 25.8. The molecule has 2 N–H and O–H groups in total. The van der Waals surface area contributed by atoms with E-state index in [1.54, 1.807) is 18.3 Å². The predicted octanol–water partition coefficient (Wildman–Crippen LogP) is 8.99. The van der Waals surface area contributed by atoms with Gasteiger partial charge in [-0.25, -0.2) is 4.79 Å². The standard InChI is InChI=1S/C31H48N2O3/c1-3-4-5-6-7-8-9-10-11-12-13-14-15-16-17-21-24-36-31(35)29-26(2)32-25-28(29)33-30(34)27-22-19-18-20-23-27/h18-20,22-23,25,32H,3-17,21,24H2,1-2H3,(H,33,34). The number of esters is 1. The fraction of sp³-hybridized carbons (Fsp3) is 0.613. The van der Waals surface area contributed by atoms with Crippen molar-refractivity contribution in [2.75, 3.05) is 11.9 Å². The van der Waals surface area contributed by atoms with Gasteiger partial charge in [0.25, 0.3) is 5.91 Å². The molecule has 0 aliphatic rings. The smallest absolute Gasteiger partial charge is 0.342 e. The van der Waals surface area contributed by atoms with Crippen LogP contribution in [0.3, 0.4) is 0 Å². The third kappa shape index (κ3) is 11.9. The van der Waals surface area contributed by atoms with Crippen LogP contribution < -0.4 is 5.32 Å². The molecule has 200 valence electrons. The Morgan fingerprint density at radius 3 is 1.78 bits per heavy atom. The van der Waals surface area contributed by atoms with Crippen LogP contribution in [-0.2, 0) is 4.74 Å². The highest BCUT2D eigenvalue weighted by Gasteiger charge is 2.19. The zero-order valence-electron chi connectivity index (χ0n) is 22.7. The lowest BCUT2D eigenvalue weighted by Gasteiger charge is -2.09. The number of hydrogen-bond acceptors (Lipinski definition) is 3. The summed E-state index contributed by atoms with van der Waals surface area (Å²) in [5.41, 5.74) is 2.09. The number of ether oxygens (including phenoxy) is 1. The van der Waals surface area contributed by atoms with Crippen LogP contribution in [0, 0.1) is 6.92 Å². The van der Waals surface area contributed by atoms with Gasteiger partial charge in [0.1, 0.15) is 5.56 Å². The molecule has 0 aliphatic heterocycles. The highest BCUT2D eigenvalue weighted by Crippen LogP contribution is 2.21. The molecule has 0 radical (unpaired) electrons. The van der Waals surface area contributed by atoms with Crippen molar-refractivity contribution in [2.45, 2.75) is 117 Å². The number of H-pyrrole nitrogens is 1. The van der Waals surface area contributed by atoms with Crippen molar-refractivity contribution < 1.29 is 14.3 Å². The van der Waals surface area contributed by atoms with Gasteiger partial charge < -0.3 is 15.0 Å². The van der Waals surface area contributed by atoms with E-state index in [9.17, 15) is 9.59 Å². The summed E-state index contributed by atoms with van der Waals surface area (Å²) in [7, 11) is 0. The van der Waals surface area contributed by atoms with Crippen molar-refractivity contribution in [3.8, 4) is 0 Å². The second-order valence-electron chi connectivity index (χ2n) is 9.96. The molecule has 1 aromatic heterocycles. The molecule has 0 atom stereocenters. The summed E-state index contributed by atoms with van der Waals surface area (Å²) < 4.78 is 5.50. The average Bonchev–Trinajstić information content (AvgIpc) is 3.25. The number of carbonyl (C=O) groups is 2. The predicted molar refractivity (Wildman–Crippen MR) is 150 cm³/mol. The first-order valence-corrected chi connectivity index (χ1v) is 14.3. The van der Waals surface area contributed by atoms with Gasteiger partial charge in [0.15, 0.2) is 0 Å². The van der Waals surface area contributed by atoms with E-state index in [-0.39, 0.29) is 5.91 Å². The van der Waals surface area contributed by atoms with E-state index >= 15 is 0 Å². The largest absolute Gasteiger partial charge is 0.462 e. The Balaban J connectivity index is 1.49. The fourth-order valence-electron chi connectivity index (χ4n) is 4.56. The van der Waals surface area contributed by atoms with Crippen LogP contribution in [0.1, 0.15) is 136 Å². The third-order valence-electron chi connectivity index (χ3n) is 6.80. The lowest BCUT2D eigenvalue weighted by atomic mass is 10.0. The van der Waals surface area contributed by atoms with E-state index in [0.717, 1.165) is 12.8 Å². The Labute approximate surface area is 218 Å². The molecule has 1 amide bonds. The van der Waals surface area contributed by atoms with Crippen molar-refractivity contribution in [3.05, 3.63) is 53.3 Å². The molecule has 0 saturated heterocycles. The maximum atomic E-state index is 12.6. The zero-order valence-corrected chi connectivity index (χ0v) is 22.7. The number of benzene rings is 1. The number of anilines is 1. The van der Waals surface area contributed by atoms with Crippen molar-refractivity contribution in [3.63, 3.8) is 0 Å². The SMILES string of the molecule is CCCCCCCCCCCCCCCCCCOC(=O)c1c(NC(=O)c2ccccc2)c[nH]c1C. The molecule has 0 fully saturated rings. The van der Waals surface area contributed by atoms with Crippen LogP contribution in [0.4, 0.5) is 5.69 Å². The van der Waals surface area contributed by atoms with E-state index in [0.29, 0.717) is 29.1 Å². The second kappa shape index (κ2) is 18.7. The molecule has 1 heterocycles. The molecule has 36 heavy (non-hydrogen) atoms. The first-order chi connectivity index (χ1) is 17.6. The Hall–Kier alpha value is -2.56. The van der Waals surface area contributed by atoms with Crippen LogP contribution in [0.15, 0.2) is 36.5 Å². The molecule has 0 saturated carbocycles. The first kappa shape index (κ1) is 29.7. The van der Waals surface area contributed by atoms with Crippen LogP contribution in [0.5, 0.6) is 0 Å². The molecule has 5 heteroatoms. The van der Waals surface area contributed by atoms with Gasteiger partial charge in [0, 0.05) is 17.5 Å². The van der Waals surface area contributed by atoms with Gasteiger partial charge in [-0.15, -0.1) is 0 Å². The van der Waals surface area contributed by atoms with Gasteiger partial charge in [-0.3, -0.25) is 4.79 Å². The van der Waals surface area contributed by atoms with Crippen LogP contribution in [0.25, 0.3) is 0 Å². The number of amides is 1. The van der Waals surface area contributed by atoms with E-state index in [1.165, 1.54) is 89.9 Å². The molecule has 0 bridgehead atoms. The van der Waals surface area contributed by atoms with Crippen LogP contribution in [0.2, 0.25) is 0 Å². The minimum Gasteiger partial charge on any atom is -0.462 e. The summed E-state index contributed by atoms with van der Waals surface area (Å²) in [6.07, 6.45) is 22.7. The Morgan fingerprint density at radius 1 is 0.750 bits per heavy atom.